The Kier molecular flexibility index (Phi) is 2.98. The SMILES string of the molecule is Nc1ccc([N+](=O)[O-])c(N2CCCc3ccccc32)n1. The number of benzene rings is 1. The number of hydrogen-bond acceptors (Lipinski definition) is 5. The third kappa shape index (κ3) is 2.05. The minimum Gasteiger partial charge on any atom is -0.384 e. The van der Waals surface area contributed by atoms with Gasteiger partial charge in [-0.3, -0.25) is 10.1 Å². The first-order valence-electron chi connectivity index (χ1n) is 6.43. The van der Waals surface area contributed by atoms with Gasteiger partial charge in [-0.25, -0.2) is 4.98 Å². The van der Waals surface area contributed by atoms with Gasteiger partial charge in [0.1, 0.15) is 5.82 Å². The Labute approximate surface area is 116 Å². The minimum absolute atomic E-state index is 0.0177. The van der Waals surface area contributed by atoms with Crippen LogP contribution in [0.1, 0.15) is 12.0 Å². The third-order valence-electron chi connectivity index (χ3n) is 3.44. The summed E-state index contributed by atoms with van der Waals surface area (Å²) in [4.78, 5) is 16.8. The number of anilines is 3. The molecule has 102 valence electrons. The van der Waals surface area contributed by atoms with Gasteiger partial charge in [-0.05, 0) is 30.5 Å². The highest BCUT2D eigenvalue weighted by molar-refractivity contribution is 5.72. The second-order valence-electron chi connectivity index (χ2n) is 4.72. The lowest BCUT2D eigenvalue weighted by molar-refractivity contribution is -0.384. The normalized spacial score (nSPS) is 13.9. The van der Waals surface area contributed by atoms with Crippen LogP contribution in [0.4, 0.5) is 23.0 Å². The van der Waals surface area contributed by atoms with Crippen molar-refractivity contribution in [2.75, 3.05) is 17.2 Å². The van der Waals surface area contributed by atoms with Crippen LogP contribution in [0, 0.1) is 10.1 Å². The van der Waals surface area contributed by atoms with Crippen molar-refractivity contribution in [3.63, 3.8) is 0 Å². The van der Waals surface area contributed by atoms with E-state index in [4.69, 9.17) is 5.73 Å². The van der Waals surface area contributed by atoms with Crippen LogP contribution >= 0.6 is 0 Å². The van der Waals surface area contributed by atoms with Crippen LogP contribution in [-0.2, 0) is 6.42 Å². The maximum atomic E-state index is 11.2. The van der Waals surface area contributed by atoms with E-state index in [-0.39, 0.29) is 11.5 Å². The Morgan fingerprint density at radius 3 is 2.85 bits per heavy atom. The molecule has 2 N–H and O–H groups in total. The molecule has 6 nitrogen and oxygen atoms in total. The second kappa shape index (κ2) is 4.80. The molecule has 0 unspecified atom stereocenters. The van der Waals surface area contributed by atoms with Crippen molar-refractivity contribution in [2.45, 2.75) is 12.8 Å². The van der Waals surface area contributed by atoms with Gasteiger partial charge in [-0.1, -0.05) is 18.2 Å². The van der Waals surface area contributed by atoms with Gasteiger partial charge in [-0.15, -0.1) is 0 Å². The molecule has 20 heavy (non-hydrogen) atoms. The summed E-state index contributed by atoms with van der Waals surface area (Å²) in [5.41, 5.74) is 7.83. The number of nitro groups is 1. The summed E-state index contributed by atoms with van der Waals surface area (Å²) in [6.45, 7) is 0.703. The average Bonchev–Trinajstić information content (AvgIpc) is 2.46. The Morgan fingerprint density at radius 1 is 1.25 bits per heavy atom. The summed E-state index contributed by atoms with van der Waals surface area (Å²) >= 11 is 0. The summed E-state index contributed by atoms with van der Waals surface area (Å²) in [7, 11) is 0. The van der Waals surface area contributed by atoms with E-state index in [9.17, 15) is 10.1 Å². The molecule has 3 rings (SSSR count). The molecule has 1 aliphatic rings. The molecule has 0 radical (unpaired) electrons. The summed E-state index contributed by atoms with van der Waals surface area (Å²) in [5, 5.41) is 11.2. The van der Waals surface area contributed by atoms with Crippen LogP contribution in [0.3, 0.4) is 0 Å². The van der Waals surface area contributed by atoms with Gasteiger partial charge in [0.05, 0.1) is 4.92 Å². The van der Waals surface area contributed by atoms with Crippen LogP contribution in [0.25, 0.3) is 0 Å². The van der Waals surface area contributed by atoms with Crippen LogP contribution in [0.2, 0.25) is 0 Å². The Bertz CT molecular complexity index is 672. The maximum absolute atomic E-state index is 11.2. The second-order valence-corrected chi connectivity index (χ2v) is 4.72. The fourth-order valence-corrected chi connectivity index (χ4v) is 2.55. The van der Waals surface area contributed by atoms with Gasteiger partial charge in [0.2, 0.25) is 5.82 Å². The van der Waals surface area contributed by atoms with E-state index in [1.165, 1.54) is 17.7 Å². The third-order valence-corrected chi connectivity index (χ3v) is 3.44. The topological polar surface area (TPSA) is 85.3 Å². The van der Waals surface area contributed by atoms with Crippen molar-refractivity contribution in [2.24, 2.45) is 0 Å². The number of nitrogen functional groups attached to an aromatic ring is 1. The number of hydrogen-bond donors (Lipinski definition) is 1. The molecule has 0 fully saturated rings. The molecule has 0 saturated carbocycles. The molecule has 0 saturated heterocycles. The predicted octanol–water partition coefficient (Wildman–Crippen LogP) is 2.66. The molecule has 0 spiro atoms. The number of nitrogens with zero attached hydrogens (tertiary/aromatic N) is 3. The summed E-state index contributed by atoms with van der Waals surface area (Å²) in [6.07, 6.45) is 1.91. The quantitative estimate of drug-likeness (QED) is 0.669. The Hall–Kier alpha value is -2.63. The number of pyridine rings is 1. The Balaban J connectivity index is 2.15. The minimum atomic E-state index is -0.418. The van der Waals surface area contributed by atoms with E-state index in [0.717, 1.165) is 18.5 Å². The molecule has 2 aromatic rings. The van der Waals surface area contributed by atoms with E-state index in [2.05, 4.69) is 4.98 Å². The number of rotatable bonds is 2. The van der Waals surface area contributed by atoms with Crippen LogP contribution in [0.15, 0.2) is 36.4 Å². The number of aryl methyl sites for hydroxylation is 1. The fourth-order valence-electron chi connectivity index (χ4n) is 2.55. The average molecular weight is 270 g/mol. The van der Waals surface area contributed by atoms with Crippen molar-refractivity contribution in [3.05, 3.63) is 52.1 Å². The molecule has 2 heterocycles. The van der Waals surface area contributed by atoms with Gasteiger partial charge in [0.25, 0.3) is 0 Å². The van der Waals surface area contributed by atoms with Crippen molar-refractivity contribution in [1.29, 1.82) is 0 Å². The zero-order valence-corrected chi connectivity index (χ0v) is 10.8. The van der Waals surface area contributed by atoms with Crippen LogP contribution in [0.5, 0.6) is 0 Å². The zero-order valence-electron chi connectivity index (χ0n) is 10.8. The van der Waals surface area contributed by atoms with Gasteiger partial charge in [0, 0.05) is 18.3 Å². The molecule has 0 amide bonds. The molecule has 0 bridgehead atoms. The smallest absolute Gasteiger partial charge is 0.312 e. The van der Waals surface area contributed by atoms with Crippen molar-refractivity contribution in [3.8, 4) is 0 Å². The molecule has 6 heteroatoms. The van der Waals surface area contributed by atoms with Crippen LogP contribution in [-0.4, -0.2) is 16.5 Å². The van der Waals surface area contributed by atoms with E-state index in [1.807, 2.05) is 29.2 Å². The van der Waals surface area contributed by atoms with E-state index in [0.29, 0.717) is 12.4 Å². The molecule has 1 aliphatic heterocycles. The van der Waals surface area contributed by atoms with Crippen LogP contribution < -0.4 is 10.6 Å². The first-order valence-corrected chi connectivity index (χ1v) is 6.43. The van der Waals surface area contributed by atoms with E-state index in [1.54, 1.807) is 0 Å². The highest BCUT2D eigenvalue weighted by atomic mass is 16.6. The number of fused-ring (bicyclic) bond motifs is 1. The van der Waals surface area contributed by atoms with Gasteiger partial charge >= 0.3 is 5.69 Å². The highest BCUT2D eigenvalue weighted by Gasteiger charge is 2.26. The Morgan fingerprint density at radius 2 is 2.05 bits per heavy atom. The summed E-state index contributed by atoms with van der Waals surface area (Å²) < 4.78 is 0. The largest absolute Gasteiger partial charge is 0.384 e. The molecule has 1 aromatic carbocycles. The first kappa shape index (κ1) is 12.4. The van der Waals surface area contributed by atoms with E-state index >= 15 is 0 Å². The zero-order chi connectivity index (χ0) is 14.1. The fraction of sp³-hybridized carbons (Fsp3) is 0.214. The van der Waals surface area contributed by atoms with E-state index < -0.39 is 4.92 Å². The molecular weight excluding hydrogens is 256 g/mol. The maximum Gasteiger partial charge on any atom is 0.312 e. The molecule has 1 aromatic heterocycles. The van der Waals surface area contributed by atoms with Gasteiger partial charge in [-0.2, -0.15) is 0 Å². The lowest BCUT2D eigenvalue weighted by Crippen LogP contribution is -2.26. The van der Waals surface area contributed by atoms with Crippen molar-refractivity contribution >= 4 is 23.0 Å². The van der Waals surface area contributed by atoms with Gasteiger partial charge in [0.15, 0.2) is 0 Å². The number of aromatic nitrogens is 1. The monoisotopic (exact) mass is 270 g/mol. The first-order chi connectivity index (χ1) is 9.66. The highest BCUT2D eigenvalue weighted by Crippen LogP contribution is 2.37. The number of nitrogens with two attached hydrogens (primary N) is 1. The lowest BCUT2D eigenvalue weighted by atomic mass is 10.0. The van der Waals surface area contributed by atoms with Gasteiger partial charge < -0.3 is 10.6 Å². The van der Waals surface area contributed by atoms with Crippen molar-refractivity contribution < 1.29 is 4.92 Å². The summed E-state index contributed by atoms with van der Waals surface area (Å²) in [5.74, 6) is 0.607. The predicted molar refractivity (Wildman–Crippen MR) is 77.1 cm³/mol. The molecule has 0 aliphatic carbocycles. The lowest BCUT2D eigenvalue weighted by Gasteiger charge is -2.30. The molecular formula is C14H14N4O2. The molecule has 0 atom stereocenters. The summed E-state index contributed by atoms with van der Waals surface area (Å²) in [6, 6.07) is 10.8. The van der Waals surface area contributed by atoms with Crippen molar-refractivity contribution in [1.82, 2.24) is 4.98 Å². The number of para-hydroxylation sites is 1. The standard InChI is InChI=1S/C14H14N4O2/c15-13-8-7-12(18(19)20)14(16-13)17-9-3-5-10-4-1-2-6-11(10)17/h1-2,4,6-8H,3,5,9H2,(H2,15,16).